The van der Waals surface area contributed by atoms with Crippen LogP contribution in [0.3, 0.4) is 0 Å². The lowest BCUT2D eigenvalue weighted by molar-refractivity contribution is -0.155. The molecule has 0 radical (unpaired) electrons. The van der Waals surface area contributed by atoms with Gasteiger partial charge in [-0.15, -0.1) is 0 Å². The molecule has 0 bridgehead atoms. The van der Waals surface area contributed by atoms with Crippen LogP contribution in [0.1, 0.15) is 13.3 Å². The van der Waals surface area contributed by atoms with E-state index in [9.17, 15) is 19.2 Å². The van der Waals surface area contributed by atoms with Gasteiger partial charge >= 0.3 is 11.9 Å². The molecule has 0 aliphatic carbocycles. The Kier molecular flexibility index (Phi) is 4.16. The molecular formula is C10H12N2O6. The number of aliphatic carboxylic acids is 2. The quantitative estimate of drug-likeness (QED) is 0.508. The lowest BCUT2D eigenvalue weighted by atomic mass is 10.3. The molecule has 1 rings (SSSR count). The predicted octanol–water partition coefficient (Wildman–Crippen LogP) is -1.22. The van der Waals surface area contributed by atoms with Gasteiger partial charge < -0.3 is 10.2 Å². The lowest BCUT2D eigenvalue weighted by Gasteiger charge is -2.23. The number of carbonyl (C=O) groups excluding carboxylic acids is 2. The van der Waals surface area contributed by atoms with E-state index in [1.165, 1.54) is 6.92 Å². The minimum Gasteiger partial charge on any atom is -0.481 e. The Bertz CT molecular complexity index is 442. The minimum atomic E-state index is -1.56. The van der Waals surface area contributed by atoms with Crippen LogP contribution in [-0.2, 0) is 19.2 Å². The summed E-state index contributed by atoms with van der Waals surface area (Å²) < 4.78 is 0. The fourth-order valence-electron chi connectivity index (χ4n) is 1.46. The normalized spacial score (nSPS) is 16.7. The first-order valence-corrected chi connectivity index (χ1v) is 5.08. The molecule has 0 fully saturated rings. The fourth-order valence-corrected chi connectivity index (χ4v) is 1.46. The molecule has 3 N–H and O–H groups in total. The van der Waals surface area contributed by atoms with Crippen LogP contribution in [0.2, 0.25) is 0 Å². The van der Waals surface area contributed by atoms with Gasteiger partial charge in [0.05, 0.1) is 6.42 Å². The topological polar surface area (TPSA) is 124 Å². The lowest BCUT2D eigenvalue weighted by Crippen LogP contribution is -2.54. The van der Waals surface area contributed by atoms with E-state index in [-0.39, 0.29) is 18.5 Å². The van der Waals surface area contributed by atoms with Gasteiger partial charge in [0.15, 0.2) is 6.17 Å². The summed E-state index contributed by atoms with van der Waals surface area (Å²) in [7, 11) is 0. The summed E-state index contributed by atoms with van der Waals surface area (Å²) in [6, 6.07) is 0. The average molecular weight is 256 g/mol. The smallest absolute Gasteiger partial charge is 0.342 e. The number of imide groups is 1. The Labute approximate surface area is 102 Å². The molecule has 0 saturated carbocycles. The highest BCUT2D eigenvalue weighted by Gasteiger charge is 2.38. The van der Waals surface area contributed by atoms with Crippen LogP contribution >= 0.6 is 0 Å². The van der Waals surface area contributed by atoms with Gasteiger partial charge in [0, 0.05) is 18.2 Å². The molecule has 0 aromatic rings. The number of hydrogen-bond acceptors (Lipinski definition) is 5. The van der Waals surface area contributed by atoms with Crippen molar-refractivity contribution in [2.75, 3.05) is 6.54 Å². The van der Waals surface area contributed by atoms with E-state index in [1.807, 2.05) is 0 Å². The number of rotatable bonds is 6. The summed E-state index contributed by atoms with van der Waals surface area (Å²) in [4.78, 5) is 44.9. The van der Waals surface area contributed by atoms with Gasteiger partial charge in [0.2, 0.25) is 0 Å². The molecule has 8 nitrogen and oxygen atoms in total. The van der Waals surface area contributed by atoms with Crippen molar-refractivity contribution >= 4 is 23.8 Å². The van der Waals surface area contributed by atoms with Crippen LogP contribution in [0.4, 0.5) is 0 Å². The van der Waals surface area contributed by atoms with Crippen molar-refractivity contribution in [1.29, 1.82) is 0 Å². The second-order valence-electron chi connectivity index (χ2n) is 3.68. The Morgan fingerprint density at radius 1 is 1.39 bits per heavy atom. The van der Waals surface area contributed by atoms with Gasteiger partial charge in [-0.05, 0) is 6.92 Å². The van der Waals surface area contributed by atoms with Crippen molar-refractivity contribution in [2.45, 2.75) is 19.5 Å². The van der Waals surface area contributed by atoms with Gasteiger partial charge in [-0.25, -0.2) is 9.69 Å². The van der Waals surface area contributed by atoms with Gasteiger partial charge in [-0.3, -0.25) is 19.7 Å². The molecule has 18 heavy (non-hydrogen) atoms. The van der Waals surface area contributed by atoms with Crippen LogP contribution < -0.4 is 5.32 Å². The molecule has 0 spiro atoms. The van der Waals surface area contributed by atoms with Gasteiger partial charge in [-0.2, -0.15) is 0 Å². The molecule has 1 unspecified atom stereocenters. The average Bonchev–Trinajstić information content (AvgIpc) is 2.49. The summed E-state index contributed by atoms with van der Waals surface area (Å²) >= 11 is 0. The van der Waals surface area contributed by atoms with Crippen molar-refractivity contribution in [3.05, 3.63) is 11.6 Å². The highest BCUT2D eigenvalue weighted by atomic mass is 16.4. The maximum Gasteiger partial charge on any atom is 0.342 e. The van der Waals surface area contributed by atoms with Gasteiger partial charge in [0.1, 0.15) is 0 Å². The van der Waals surface area contributed by atoms with Crippen molar-refractivity contribution in [3.8, 4) is 0 Å². The van der Waals surface area contributed by atoms with Gasteiger partial charge in [0.25, 0.3) is 11.8 Å². The number of amides is 2. The van der Waals surface area contributed by atoms with Gasteiger partial charge in [-0.1, -0.05) is 0 Å². The van der Waals surface area contributed by atoms with Crippen molar-refractivity contribution in [3.63, 3.8) is 0 Å². The van der Waals surface area contributed by atoms with E-state index in [4.69, 9.17) is 10.2 Å². The van der Waals surface area contributed by atoms with E-state index in [1.54, 1.807) is 0 Å². The van der Waals surface area contributed by atoms with E-state index in [0.717, 1.165) is 6.08 Å². The zero-order valence-corrected chi connectivity index (χ0v) is 9.54. The maximum atomic E-state index is 11.6. The second-order valence-corrected chi connectivity index (χ2v) is 3.68. The van der Waals surface area contributed by atoms with Crippen LogP contribution in [-0.4, -0.2) is 51.6 Å². The number of carboxylic acids is 2. The SMILES string of the molecule is CC1=CC(=O)N(C(NCCC(=O)O)C(=O)O)C1=O. The zero-order valence-electron chi connectivity index (χ0n) is 9.54. The highest BCUT2D eigenvalue weighted by molar-refractivity contribution is 6.17. The van der Waals surface area contributed by atoms with Crippen LogP contribution in [0, 0.1) is 0 Å². The Hall–Kier alpha value is -2.22. The summed E-state index contributed by atoms with van der Waals surface area (Å²) in [6.45, 7) is 1.23. The molecule has 0 aromatic heterocycles. The Morgan fingerprint density at radius 3 is 2.39 bits per heavy atom. The highest BCUT2D eigenvalue weighted by Crippen LogP contribution is 2.14. The number of nitrogens with one attached hydrogen (secondary N) is 1. The van der Waals surface area contributed by atoms with Crippen LogP contribution in [0.5, 0.6) is 0 Å². The van der Waals surface area contributed by atoms with Crippen LogP contribution in [0.25, 0.3) is 0 Å². The first-order chi connectivity index (χ1) is 8.34. The third-order valence-corrected chi connectivity index (χ3v) is 2.30. The zero-order chi connectivity index (χ0) is 13.9. The molecular weight excluding hydrogens is 244 g/mol. The molecule has 1 aliphatic rings. The standard InChI is InChI=1S/C10H12N2O6/c1-5-4-6(13)12(9(5)16)8(10(17)18)11-3-2-7(14)15/h4,8,11H,2-3H2,1H3,(H,14,15)(H,17,18). The molecule has 2 amide bonds. The second kappa shape index (κ2) is 5.41. The largest absolute Gasteiger partial charge is 0.481 e. The van der Waals surface area contributed by atoms with Crippen molar-refractivity contribution in [2.24, 2.45) is 0 Å². The molecule has 98 valence electrons. The number of carboxylic acid groups (broad SMARTS) is 2. The van der Waals surface area contributed by atoms with E-state index >= 15 is 0 Å². The first kappa shape index (κ1) is 13.8. The van der Waals surface area contributed by atoms with Crippen molar-refractivity contribution in [1.82, 2.24) is 10.2 Å². The predicted molar refractivity (Wildman–Crippen MR) is 57.3 cm³/mol. The monoisotopic (exact) mass is 256 g/mol. The molecule has 1 aliphatic heterocycles. The maximum absolute atomic E-state index is 11.6. The molecule has 1 atom stereocenters. The number of hydrogen-bond donors (Lipinski definition) is 3. The fraction of sp³-hybridized carbons (Fsp3) is 0.400. The third-order valence-electron chi connectivity index (χ3n) is 2.30. The Morgan fingerprint density at radius 2 is 2.00 bits per heavy atom. The summed E-state index contributed by atoms with van der Waals surface area (Å²) in [6.07, 6.45) is -0.832. The van der Waals surface area contributed by atoms with Crippen molar-refractivity contribution < 1.29 is 29.4 Å². The molecule has 0 saturated heterocycles. The number of nitrogens with zero attached hydrogens (tertiary/aromatic N) is 1. The summed E-state index contributed by atoms with van der Waals surface area (Å²) in [5.74, 6) is -3.96. The van der Waals surface area contributed by atoms with Crippen LogP contribution in [0.15, 0.2) is 11.6 Å². The van der Waals surface area contributed by atoms with E-state index in [2.05, 4.69) is 5.32 Å². The number of carbonyl (C=O) groups is 4. The Balaban J connectivity index is 2.75. The van der Waals surface area contributed by atoms with E-state index < -0.39 is 29.9 Å². The molecule has 1 heterocycles. The summed E-state index contributed by atoms with van der Waals surface area (Å²) in [5.41, 5.74) is 0.145. The minimum absolute atomic E-state index is 0.145. The van der Waals surface area contributed by atoms with E-state index in [0.29, 0.717) is 4.90 Å². The first-order valence-electron chi connectivity index (χ1n) is 5.08. The summed E-state index contributed by atoms with van der Waals surface area (Å²) in [5, 5.41) is 19.7. The molecule has 8 heteroatoms. The third kappa shape index (κ3) is 2.92. The molecule has 0 aromatic carbocycles.